The number of fused-ring (bicyclic) bond motifs is 1. The van der Waals surface area contributed by atoms with Gasteiger partial charge in [0.15, 0.2) is 8.32 Å². The molecule has 0 saturated heterocycles. The van der Waals surface area contributed by atoms with Crippen molar-refractivity contribution in [2.45, 2.75) is 77.0 Å². The number of nitrogens with zero attached hydrogens (tertiary/aromatic N) is 1. The van der Waals surface area contributed by atoms with E-state index in [1.807, 2.05) is 0 Å². The average Bonchev–Trinajstić information content (AvgIpc) is 3.16. The minimum Gasteiger partial charge on any atom is -0.410 e. The Kier molecular flexibility index (Phi) is 4.19. The molecule has 0 spiro atoms. The van der Waals surface area contributed by atoms with Gasteiger partial charge in [0.2, 0.25) is 0 Å². The molecule has 0 bridgehead atoms. The van der Waals surface area contributed by atoms with E-state index in [1.54, 1.807) is 0 Å². The first-order chi connectivity index (χ1) is 11.4. The molecule has 2 fully saturated rings. The van der Waals surface area contributed by atoms with Crippen LogP contribution in [-0.2, 0) is 4.43 Å². The minimum absolute atomic E-state index is 0.00105. The third-order valence-electron chi connectivity index (χ3n) is 6.83. The first-order valence-electron chi connectivity index (χ1n) is 9.08. The third-order valence-corrected chi connectivity index (χ3v) is 11.3. The molecule has 140 valence electrons. The molecule has 2 aliphatic carbocycles. The van der Waals surface area contributed by atoms with Gasteiger partial charge in [-0.15, -0.1) is 0 Å². The van der Waals surface area contributed by atoms with Crippen LogP contribution in [0, 0.1) is 11.3 Å². The summed E-state index contributed by atoms with van der Waals surface area (Å²) in [7, 11) is -2.13. The van der Waals surface area contributed by atoms with Gasteiger partial charge in [0.1, 0.15) is 6.17 Å². The predicted octanol–water partition coefficient (Wildman–Crippen LogP) is 3.24. The topological polar surface area (TPSA) is 64.1 Å². The minimum atomic E-state index is -2.13. The summed E-state index contributed by atoms with van der Waals surface area (Å²) in [5.74, 6) is 0.0888. The van der Waals surface area contributed by atoms with Crippen molar-refractivity contribution >= 4 is 8.32 Å². The van der Waals surface area contributed by atoms with Crippen LogP contribution in [0.3, 0.4) is 0 Å². The van der Waals surface area contributed by atoms with E-state index in [2.05, 4.69) is 45.8 Å². The van der Waals surface area contributed by atoms with Crippen LogP contribution in [0.15, 0.2) is 21.9 Å². The summed E-state index contributed by atoms with van der Waals surface area (Å²) in [5, 5.41) is -0.00105. The Balaban J connectivity index is 1.97. The van der Waals surface area contributed by atoms with E-state index in [9.17, 15) is 9.59 Å². The molecule has 1 aromatic rings. The maximum absolute atomic E-state index is 15.5. The molecule has 1 heterocycles. The maximum Gasteiger partial charge on any atom is 0.328 e. The van der Waals surface area contributed by atoms with Crippen molar-refractivity contribution < 1.29 is 8.82 Å². The maximum atomic E-state index is 15.5. The Morgan fingerprint density at radius 2 is 2.04 bits per heavy atom. The van der Waals surface area contributed by atoms with Gasteiger partial charge in [-0.25, -0.2) is 9.18 Å². The molecule has 0 radical (unpaired) electrons. The van der Waals surface area contributed by atoms with Crippen LogP contribution in [0.4, 0.5) is 4.39 Å². The van der Waals surface area contributed by atoms with Gasteiger partial charge >= 0.3 is 5.69 Å². The largest absolute Gasteiger partial charge is 0.410 e. The molecule has 0 unspecified atom stereocenters. The summed E-state index contributed by atoms with van der Waals surface area (Å²) in [4.78, 5) is 25.8. The highest BCUT2D eigenvalue weighted by molar-refractivity contribution is 6.74. The molecular weight excluding hydrogens is 339 g/mol. The van der Waals surface area contributed by atoms with E-state index in [4.69, 9.17) is 4.43 Å². The van der Waals surface area contributed by atoms with Crippen LogP contribution in [0.5, 0.6) is 0 Å². The summed E-state index contributed by atoms with van der Waals surface area (Å²) in [6.45, 7) is 12.8. The number of halogens is 1. The second kappa shape index (κ2) is 5.64. The normalized spacial score (nSPS) is 34.8. The van der Waals surface area contributed by atoms with E-state index in [-0.39, 0.29) is 16.4 Å². The van der Waals surface area contributed by atoms with Gasteiger partial charge in [0.05, 0.1) is 12.1 Å². The number of rotatable bonds is 4. The highest BCUT2D eigenvalue weighted by Gasteiger charge is 2.72. The molecule has 5 nitrogen and oxygen atoms in total. The molecule has 2 aliphatic rings. The van der Waals surface area contributed by atoms with Crippen molar-refractivity contribution in [2.24, 2.45) is 11.3 Å². The summed E-state index contributed by atoms with van der Waals surface area (Å²) in [6, 6.07) is 0.727. The lowest BCUT2D eigenvalue weighted by molar-refractivity contribution is 0.0379. The monoisotopic (exact) mass is 368 g/mol. The van der Waals surface area contributed by atoms with E-state index in [1.165, 1.54) is 16.8 Å². The molecular formula is C18H29FN2O3Si. The lowest BCUT2D eigenvalue weighted by Gasteiger charge is -2.41. The Morgan fingerprint density at radius 1 is 1.40 bits per heavy atom. The van der Waals surface area contributed by atoms with Crippen LogP contribution < -0.4 is 11.2 Å². The highest BCUT2D eigenvalue weighted by atomic mass is 28.4. The fourth-order valence-corrected chi connectivity index (χ4v) is 5.50. The van der Waals surface area contributed by atoms with Gasteiger partial charge in [-0.3, -0.25) is 14.3 Å². The SMILES string of the molecule is CC[C@@]12C[C@@H]1[C@@H](n1ccc(=O)[nH]c1=O)[C@H](F)[C@@H]2O[Si](C)(C)C(C)(C)C. The Labute approximate surface area is 148 Å². The van der Waals surface area contributed by atoms with Crippen LogP contribution in [-0.4, -0.2) is 30.1 Å². The van der Waals surface area contributed by atoms with E-state index in [0.717, 1.165) is 12.8 Å². The molecule has 2 saturated carbocycles. The van der Waals surface area contributed by atoms with Crippen molar-refractivity contribution in [1.82, 2.24) is 9.55 Å². The average molecular weight is 369 g/mol. The molecule has 7 heteroatoms. The third kappa shape index (κ3) is 2.75. The predicted molar refractivity (Wildman–Crippen MR) is 98.2 cm³/mol. The van der Waals surface area contributed by atoms with Crippen LogP contribution in [0.25, 0.3) is 0 Å². The molecule has 3 rings (SSSR count). The van der Waals surface area contributed by atoms with E-state index >= 15 is 4.39 Å². The van der Waals surface area contributed by atoms with E-state index in [0.29, 0.717) is 0 Å². The number of nitrogens with one attached hydrogen (secondary N) is 1. The zero-order valence-corrected chi connectivity index (χ0v) is 16.9. The lowest BCUT2D eigenvalue weighted by atomic mass is 9.97. The first-order valence-corrected chi connectivity index (χ1v) is 12.0. The van der Waals surface area contributed by atoms with Crippen LogP contribution in [0.1, 0.15) is 46.6 Å². The first kappa shape index (κ1) is 18.6. The zero-order valence-electron chi connectivity index (χ0n) is 15.9. The Hall–Kier alpha value is -1.21. The number of hydrogen-bond donors (Lipinski definition) is 1. The summed E-state index contributed by atoms with van der Waals surface area (Å²) >= 11 is 0. The number of hydrogen-bond acceptors (Lipinski definition) is 3. The number of alkyl halides is 1. The molecule has 5 atom stereocenters. The van der Waals surface area contributed by atoms with Gasteiger partial charge in [0, 0.05) is 17.7 Å². The highest BCUT2D eigenvalue weighted by Crippen LogP contribution is 2.71. The zero-order chi connectivity index (χ0) is 18.8. The molecule has 1 aromatic heterocycles. The molecule has 0 amide bonds. The van der Waals surface area contributed by atoms with E-state index < -0.39 is 37.9 Å². The Morgan fingerprint density at radius 3 is 2.56 bits per heavy atom. The van der Waals surface area contributed by atoms with Gasteiger partial charge in [-0.2, -0.15) is 0 Å². The second-order valence-corrected chi connectivity index (χ2v) is 13.9. The smallest absolute Gasteiger partial charge is 0.328 e. The van der Waals surface area contributed by atoms with Gasteiger partial charge in [-0.05, 0) is 36.9 Å². The van der Waals surface area contributed by atoms with Gasteiger partial charge in [-0.1, -0.05) is 27.7 Å². The Bertz CT molecular complexity index is 782. The second-order valence-electron chi connectivity index (χ2n) is 9.15. The fraction of sp³-hybridized carbons (Fsp3) is 0.778. The molecule has 0 aliphatic heterocycles. The standard InChI is InChI=1S/C18H29FN2O3Si/c1-7-18-10-11(18)14(21-9-8-12(22)20-16(21)23)13(19)15(18)24-25(5,6)17(2,3)4/h8-9,11,13-15H,7,10H2,1-6H3,(H,20,22,23)/t11-,13+,14-,15+,18-/m1/s1. The number of aromatic nitrogens is 2. The van der Waals surface area contributed by atoms with Crippen LogP contribution >= 0.6 is 0 Å². The number of H-pyrrole nitrogens is 1. The fourth-order valence-electron chi connectivity index (χ4n) is 4.15. The summed E-state index contributed by atoms with van der Waals surface area (Å²) < 4.78 is 23.4. The number of aromatic amines is 1. The summed E-state index contributed by atoms with van der Waals surface area (Å²) in [5.41, 5.74) is -1.18. The lowest BCUT2D eigenvalue weighted by Crippen LogP contribution is -2.49. The summed E-state index contributed by atoms with van der Waals surface area (Å²) in [6.07, 6.45) is 1.42. The van der Waals surface area contributed by atoms with Gasteiger partial charge < -0.3 is 4.43 Å². The van der Waals surface area contributed by atoms with Crippen molar-refractivity contribution in [3.05, 3.63) is 33.1 Å². The molecule has 0 aromatic carbocycles. The molecule has 25 heavy (non-hydrogen) atoms. The van der Waals surface area contributed by atoms with Crippen LogP contribution in [0.2, 0.25) is 18.1 Å². The van der Waals surface area contributed by atoms with Crippen molar-refractivity contribution in [2.75, 3.05) is 0 Å². The van der Waals surface area contributed by atoms with Crippen molar-refractivity contribution in [3.8, 4) is 0 Å². The molecule has 1 N–H and O–H groups in total. The van der Waals surface area contributed by atoms with Crippen molar-refractivity contribution in [1.29, 1.82) is 0 Å². The van der Waals surface area contributed by atoms with Crippen molar-refractivity contribution in [3.63, 3.8) is 0 Å². The van der Waals surface area contributed by atoms with Gasteiger partial charge in [0.25, 0.3) is 5.56 Å². The quantitative estimate of drug-likeness (QED) is 0.830.